The molecule has 2 heterocycles. The summed E-state index contributed by atoms with van der Waals surface area (Å²) >= 11 is 0. The van der Waals surface area contributed by atoms with Crippen LogP contribution in [0.4, 0.5) is 0 Å². The minimum atomic E-state index is -1.40. The fourth-order valence-electron chi connectivity index (χ4n) is 1.70. The average molecular weight is 231 g/mol. The summed E-state index contributed by atoms with van der Waals surface area (Å²) in [5.41, 5.74) is 0.303. The van der Waals surface area contributed by atoms with Gasteiger partial charge in [0.05, 0.1) is 6.61 Å². The van der Waals surface area contributed by atoms with Gasteiger partial charge < -0.3 is 25.2 Å². The fourth-order valence-corrected chi connectivity index (χ4v) is 1.70. The van der Waals surface area contributed by atoms with Crippen LogP contribution in [-0.4, -0.2) is 66.9 Å². The summed E-state index contributed by atoms with van der Waals surface area (Å²) in [4.78, 5) is 0. The standard InChI is InChI=1S/C8H13N3O5/c12-2-4-5(13)6(14)7(15)8(16-4)3-1-9-11-10-3/h1,4-8,12-15H,2H2,(H,9,10,11)/t4-,5+,6+,7-,8?/m1/s1. The smallest absolute Gasteiger partial charge is 0.132 e. The largest absolute Gasteiger partial charge is 0.394 e. The quantitative estimate of drug-likeness (QED) is 0.374. The molecule has 1 aliphatic rings. The second-order valence-electron chi connectivity index (χ2n) is 3.65. The summed E-state index contributed by atoms with van der Waals surface area (Å²) in [6, 6.07) is 0. The van der Waals surface area contributed by atoms with Gasteiger partial charge in [-0.3, -0.25) is 5.10 Å². The molecule has 1 aromatic rings. The number of ether oxygens (including phenoxy) is 1. The molecular formula is C8H13N3O5. The molecule has 2 rings (SSSR count). The monoisotopic (exact) mass is 231 g/mol. The Bertz CT molecular complexity index is 330. The Labute approximate surface area is 90.5 Å². The second-order valence-corrected chi connectivity index (χ2v) is 3.65. The van der Waals surface area contributed by atoms with Gasteiger partial charge in [-0.1, -0.05) is 5.21 Å². The van der Waals surface area contributed by atoms with Gasteiger partial charge in [-0.15, -0.1) is 5.10 Å². The van der Waals surface area contributed by atoms with E-state index in [1.54, 1.807) is 0 Å². The lowest BCUT2D eigenvalue weighted by Gasteiger charge is -2.39. The summed E-state index contributed by atoms with van der Waals surface area (Å²) in [5.74, 6) is 0. The molecule has 0 aliphatic carbocycles. The molecule has 8 heteroatoms. The highest BCUT2D eigenvalue weighted by molar-refractivity contribution is 5.05. The minimum absolute atomic E-state index is 0.303. The van der Waals surface area contributed by atoms with Crippen molar-refractivity contribution in [3.8, 4) is 0 Å². The lowest BCUT2D eigenvalue weighted by molar-refractivity contribution is -0.232. The Morgan fingerprint density at radius 2 is 2.00 bits per heavy atom. The number of aliphatic hydroxyl groups excluding tert-OH is 4. The van der Waals surface area contributed by atoms with Crippen LogP contribution in [0.5, 0.6) is 0 Å². The van der Waals surface area contributed by atoms with Crippen molar-refractivity contribution in [3.05, 3.63) is 11.9 Å². The Balaban J connectivity index is 2.20. The summed E-state index contributed by atoms with van der Waals surface area (Å²) in [6.45, 7) is -0.459. The van der Waals surface area contributed by atoms with Crippen LogP contribution in [0, 0.1) is 0 Å². The van der Waals surface area contributed by atoms with Crippen molar-refractivity contribution in [2.75, 3.05) is 6.61 Å². The van der Waals surface area contributed by atoms with Crippen LogP contribution >= 0.6 is 0 Å². The highest BCUT2D eigenvalue weighted by atomic mass is 16.5. The third-order valence-corrected chi connectivity index (χ3v) is 2.62. The van der Waals surface area contributed by atoms with Crippen molar-refractivity contribution in [1.29, 1.82) is 0 Å². The van der Waals surface area contributed by atoms with Crippen LogP contribution in [-0.2, 0) is 4.74 Å². The Kier molecular flexibility index (Phi) is 3.17. The molecule has 1 fully saturated rings. The first-order chi connectivity index (χ1) is 7.65. The number of nitrogens with one attached hydrogen (secondary N) is 1. The summed E-state index contributed by atoms with van der Waals surface area (Å²) in [5, 5.41) is 47.3. The van der Waals surface area contributed by atoms with Crippen LogP contribution in [0.1, 0.15) is 11.8 Å². The molecular weight excluding hydrogens is 218 g/mol. The number of aromatic nitrogens is 3. The van der Waals surface area contributed by atoms with E-state index in [1.807, 2.05) is 0 Å². The van der Waals surface area contributed by atoms with Crippen molar-refractivity contribution in [2.45, 2.75) is 30.5 Å². The Hall–Kier alpha value is -1.06. The molecule has 0 amide bonds. The van der Waals surface area contributed by atoms with E-state index in [0.29, 0.717) is 5.69 Å². The Morgan fingerprint density at radius 1 is 1.25 bits per heavy atom. The number of hydrogen-bond donors (Lipinski definition) is 5. The van der Waals surface area contributed by atoms with Crippen LogP contribution in [0.3, 0.4) is 0 Å². The number of rotatable bonds is 2. The summed E-state index contributed by atoms with van der Waals surface area (Å²) in [6.07, 6.45) is -4.51. The van der Waals surface area contributed by atoms with Gasteiger partial charge in [-0.2, -0.15) is 0 Å². The van der Waals surface area contributed by atoms with E-state index in [9.17, 15) is 15.3 Å². The highest BCUT2D eigenvalue weighted by Gasteiger charge is 2.44. The molecule has 5 atom stereocenters. The first kappa shape index (κ1) is 11.4. The van der Waals surface area contributed by atoms with E-state index in [2.05, 4.69) is 15.4 Å². The van der Waals surface area contributed by atoms with Crippen LogP contribution in [0.25, 0.3) is 0 Å². The van der Waals surface area contributed by atoms with E-state index in [1.165, 1.54) is 6.20 Å². The molecule has 0 aromatic carbocycles. The molecule has 0 bridgehead atoms. The predicted molar refractivity (Wildman–Crippen MR) is 49.1 cm³/mol. The number of hydrogen-bond acceptors (Lipinski definition) is 7. The van der Waals surface area contributed by atoms with Gasteiger partial charge in [-0.25, -0.2) is 0 Å². The number of aliphatic hydroxyl groups is 4. The molecule has 1 saturated heterocycles. The molecule has 16 heavy (non-hydrogen) atoms. The van der Waals surface area contributed by atoms with Gasteiger partial charge in [0.15, 0.2) is 0 Å². The van der Waals surface area contributed by atoms with Crippen LogP contribution < -0.4 is 0 Å². The molecule has 0 spiro atoms. The molecule has 0 radical (unpaired) electrons. The third kappa shape index (κ3) is 1.81. The van der Waals surface area contributed by atoms with Gasteiger partial charge in [0, 0.05) is 6.20 Å². The van der Waals surface area contributed by atoms with Crippen LogP contribution in [0.15, 0.2) is 6.20 Å². The fraction of sp³-hybridized carbons (Fsp3) is 0.750. The van der Waals surface area contributed by atoms with Crippen molar-refractivity contribution >= 4 is 0 Å². The van der Waals surface area contributed by atoms with Gasteiger partial charge in [0.2, 0.25) is 0 Å². The number of aromatic amines is 1. The topological polar surface area (TPSA) is 132 Å². The Morgan fingerprint density at radius 3 is 2.56 bits per heavy atom. The van der Waals surface area contributed by atoms with Gasteiger partial charge >= 0.3 is 0 Å². The van der Waals surface area contributed by atoms with E-state index in [0.717, 1.165) is 0 Å². The molecule has 1 aliphatic heterocycles. The van der Waals surface area contributed by atoms with E-state index < -0.39 is 37.1 Å². The second kappa shape index (κ2) is 4.44. The number of nitrogens with zero attached hydrogens (tertiary/aromatic N) is 2. The molecule has 0 saturated carbocycles. The first-order valence-electron chi connectivity index (χ1n) is 4.82. The molecule has 5 N–H and O–H groups in total. The lowest BCUT2D eigenvalue weighted by atomic mass is 9.94. The summed E-state index contributed by atoms with van der Waals surface area (Å²) < 4.78 is 5.24. The van der Waals surface area contributed by atoms with Crippen molar-refractivity contribution in [1.82, 2.24) is 15.4 Å². The zero-order valence-electron chi connectivity index (χ0n) is 8.26. The predicted octanol–water partition coefficient (Wildman–Crippen LogP) is -2.68. The number of H-pyrrole nitrogens is 1. The van der Waals surface area contributed by atoms with Gasteiger partial charge in [0.25, 0.3) is 0 Å². The minimum Gasteiger partial charge on any atom is -0.394 e. The average Bonchev–Trinajstić information content (AvgIpc) is 2.80. The normalized spacial score (nSPS) is 39.9. The molecule has 1 aromatic heterocycles. The third-order valence-electron chi connectivity index (χ3n) is 2.62. The molecule has 8 nitrogen and oxygen atoms in total. The van der Waals surface area contributed by atoms with Gasteiger partial charge in [-0.05, 0) is 0 Å². The van der Waals surface area contributed by atoms with Gasteiger partial charge in [0.1, 0.15) is 36.2 Å². The van der Waals surface area contributed by atoms with Crippen molar-refractivity contribution < 1.29 is 25.2 Å². The zero-order valence-corrected chi connectivity index (χ0v) is 8.26. The van der Waals surface area contributed by atoms with E-state index in [-0.39, 0.29) is 0 Å². The SMILES string of the molecule is OC[C@H]1OC(c2c[nH]nn2)[C@H](O)[C@@H](O)[C@H]1O. The van der Waals surface area contributed by atoms with E-state index >= 15 is 0 Å². The first-order valence-corrected chi connectivity index (χ1v) is 4.82. The maximum absolute atomic E-state index is 9.69. The van der Waals surface area contributed by atoms with E-state index in [4.69, 9.17) is 9.84 Å². The molecule has 1 unspecified atom stereocenters. The maximum Gasteiger partial charge on any atom is 0.132 e. The van der Waals surface area contributed by atoms with Crippen LogP contribution in [0.2, 0.25) is 0 Å². The van der Waals surface area contributed by atoms with Crippen molar-refractivity contribution in [2.24, 2.45) is 0 Å². The maximum atomic E-state index is 9.69. The lowest BCUT2D eigenvalue weighted by Crippen LogP contribution is -2.55. The highest BCUT2D eigenvalue weighted by Crippen LogP contribution is 2.30. The van der Waals surface area contributed by atoms with Crippen molar-refractivity contribution in [3.63, 3.8) is 0 Å². The molecule has 90 valence electrons. The zero-order chi connectivity index (χ0) is 11.7. The summed E-state index contributed by atoms with van der Waals surface area (Å²) in [7, 11) is 0.